The van der Waals surface area contributed by atoms with E-state index in [9.17, 15) is 0 Å². The van der Waals surface area contributed by atoms with E-state index in [-0.39, 0.29) is 0 Å². The molecule has 20 heavy (non-hydrogen) atoms. The smallest absolute Gasteiger partial charge is 0.113 e. The van der Waals surface area contributed by atoms with Crippen LogP contribution in [0.1, 0.15) is 56.2 Å². The lowest BCUT2D eigenvalue weighted by Crippen LogP contribution is -2.18. The molecule has 2 aliphatic rings. The predicted molar refractivity (Wildman–Crippen MR) is 82.2 cm³/mol. The first-order valence-electron chi connectivity index (χ1n) is 8.06. The number of likely N-dealkylation sites (tertiary alicyclic amines) is 1. The molecule has 0 N–H and O–H groups in total. The van der Waals surface area contributed by atoms with Gasteiger partial charge in [0.2, 0.25) is 0 Å². The number of nitrogens with zero attached hydrogens (tertiary/aromatic N) is 2. The van der Waals surface area contributed by atoms with Crippen molar-refractivity contribution in [1.29, 1.82) is 0 Å². The second-order valence-electron chi connectivity index (χ2n) is 6.19. The van der Waals surface area contributed by atoms with Crippen LogP contribution in [0.15, 0.2) is 18.3 Å². The lowest BCUT2D eigenvalue weighted by atomic mass is 10.0. The highest BCUT2D eigenvalue weighted by atomic mass is 15.1. The first-order chi connectivity index (χ1) is 9.90. The third-order valence-corrected chi connectivity index (χ3v) is 4.51. The van der Waals surface area contributed by atoms with Gasteiger partial charge in [-0.15, -0.1) is 0 Å². The summed E-state index contributed by atoms with van der Waals surface area (Å²) >= 11 is 0. The first-order valence-corrected chi connectivity index (χ1v) is 8.06. The normalized spacial score (nSPS) is 20.0. The summed E-state index contributed by atoms with van der Waals surface area (Å²) in [6.07, 6.45) is 11.3. The molecule has 0 bridgehead atoms. The van der Waals surface area contributed by atoms with Crippen LogP contribution in [0.4, 0.5) is 0 Å². The van der Waals surface area contributed by atoms with E-state index in [0.29, 0.717) is 0 Å². The fourth-order valence-corrected chi connectivity index (χ4v) is 3.29. The molecule has 1 aromatic rings. The van der Waals surface area contributed by atoms with Crippen LogP contribution in [0.2, 0.25) is 0 Å². The molecule has 0 unspecified atom stereocenters. The van der Waals surface area contributed by atoms with Crippen molar-refractivity contribution in [2.75, 3.05) is 13.1 Å². The van der Waals surface area contributed by atoms with E-state index in [1.54, 1.807) is 0 Å². The van der Waals surface area contributed by atoms with E-state index in [1.165, 1.54) is 57.2 Å². The van der Waals surface area contributed by atoms with E-state index < -0.39 is 0 Å². The van der Waals surface area contributed by atoms with Gasteiger partial charge in [-0.1, -0.05) is 24.8 Å². The van der Waals surface area contributed by atoms with Gasteiger partial charge in [-0.3, -0.25) is 4.90 Å². The summed E-state index contributed by atoms with van der Waals surface area (Å²) in [7, 11) is 0. The van der Waals surface area contributed by atoms with Gasteiger partial charge >= 0.3 is 0 Å². The monoisotopic (exact) mass is 268 g/mol. The van der Waals surface area contributed by atoms with Gasteiger partial charge in [0.15, 0.2) is 0 Å². The largest absolute Gasteiger partial charge is 0.299 e. The summed E-state index contributed by atoms with van der Waals surface area (Å²) in [5, 5.41) is 0. The Bertz CT molecular complexity index is 468. The second kappa shape index (κ2) is 6.90. The van der Waals surface area contributed by atoms with Crippen molar-refractivity contribution in [3.63, 3.8) is 0 Å². The van der Waals surface area contributed by atoms with Gasteiger partial charge < -0.3 is 0 Å². The van der Waals surface area contributed by atoms with Crippen molar-refractivity contribution in [2.24, 2.45) is 5.92 Å². The second-order valence-corrected chi connectivity index (χ2v) is 6.19. The van der Waals surface area contributed by atoms with Crippen LogP contribution >= 0.6 is 0 Å². The Morgan fingerprint density at radius 2 is 1.90 bits per heavy atom. The standard InChI is InChI=1S/C18H24N2/c1-2-7-16(6-1)8-5-9-18-11-10-17(14-19-18)15-20-12-3-4-13-20/h10-11,14,16H,1-4,6-8,12-13,15H2. The highest BCUT2D eigenvalue weighted by Crippen LogP contribution is 2.26. The minimum atomic E-state index is 0.844. The Morgan fingerprint density at radius 1 is 1.10 bits per heavy atom. The van der Waals surface area contributed by atoms with Crippen molar-refractivity contribution in [3.8, 4) is 11.8 Å². The van der Waals surface area contributed by atoms with Crippen LogP contribution in [0.5, 0.6) is 0 Å². The van der Waals surface area contributed by atoms with Gasteiger partial charge in [-0.05, 0) is 62.2 Å². The Labute approximate surface area is 122 Å². The summed E-state index contributed by atoms with van der Waals surface area (Å²) in [6.45, 7) is 3.52. The Balaban J connectivity index is 1.51. The lowest BCUT2D eigenvalue weighted by molar-refractivity contribution is 0.331. The van der Waals surface area contributed by atoms with Gasteiger partial charge in [0.25, 0.3) is 0 Å². The lowest BCUT2D eigenvalue weighted by Gasteiger charge is -2.13. The molecule has 3 rings (SSSR count). The zero-order chi connectivity index (χ0) is 13.6. The zero-order valence-corrected chi connectivity index (χ0v) is 12.3. The molecule has 1 aliphatic carbocycles. The molecule has 2 heteroatoms. The molecule has 1 saturated heterocycles. The molecule has 0 spiro atoms. The minimum absolute atomic E-state index is 0.844. The highest BCUT2D eigenvalue weighted by Gasteiger charge is 2.13. The van der Waals surface area contributed by atoms with Crippen LogP contribution in [0, 0.1) is 17.8 Å². The Morgan fingerprint density at radius 3 is 2.60 bits per heavy atom. The molecule has 1 saturated carbocycles. The van der Waals surface area contributed by atoms with Gasteiger partial charge in [0, 0.05) is 19.2 Å². The Hall–Kier alpha value is -1.33. The summed E-state index contributed by atoms with van der Waals surface area (Å²) in [4.78, 5) is 6.99. The molecule has 0 amide bonds. The maximum Gasteiger partial charge on any atom is 0.113 e. The van der Waals surface area contributed by atoms with E-state index in [1.807, 2.05) is 6.20 Å². The fraction of sp³-hybridized carbons (Fsp3) is 0.611. The highest BCUT2D eigenvalue weighted by molar-refractivity contribution is 5.29. The average molecular weight is 268 g/mol. The number of hydrogen-bond donors (Lipinski definition) is 0. The van der Waals surface area contributed by atoms with E-state index in [4.69, 9.17) is 0 Å². The maximum absolute atomic E-state index is 4.48. The molecule has 0 radical (unpaired) electrons. The first kappa shape index (κ1) is 13.6. The minimum Gasteiger partial charge on any atom is -0.299 e. The van der Waals surface area contributed by atoms with Crippen LogP contribution in [0.3, 0.4) is 0 Å². The Kier molecular flexibility index (Phi) is 4.71. The van der Waals surface area contributed by atoms with Gasteiger partial charge in [0.05, 0.1) is 0 Å². The number of pyridine rings is 1. The number of aromatic nitrogens is 1. The zero-order valence-electron chi connectivity index (χ0n) is 12.3. The van der Waals surface area contributed by atoms with Crippen LogP contribution in [0.25, 0.3) is 0 Å². The summed E-state index contributed by atoms with van der Waals surface area (Å²) in [5.74, 6) is 7.38. The molecule has 2 fully saturated rings. The van der Waals surface area contributed by atoms with Crippen LogP contribution in [-0.4, -0.2) is 23.0 Å². The quantitative estimate of drug-likeness (QED) is 0.779. The van der Waals surface area contributed by atoms with Gasteiger partial charge in [0.1, 0.15) is 5.69 Å². The number of rotatable bonds is 3. The fourth-order valence-electron chi connectivity index (χ4n) is 3.29. The van der Waals surface area contributed by atoms with Crippen molar-refractivity contribution in [1.82, 2.24) is 9.88 Å². The third kappa shape index (κ3) is 3.84. The maximum atomic E-state index is 4.48. The van der Waals surface area contributed by atoms with Crippen molar-refractivity contribution >= 4 is 0 Å². The van der Waals surface area contributed by atoms with Crippen molar-refractivity contribution < 1.29 is 0 Å². The molecule has 0 aromatic carbocycles. The van der Waals surface area contributed by atoms with E-state index >= 15 is 0 Å². The van der Waals surface area contributed by atoms with Crippen LogP contribution in [-0.2, 0) is 6.54 Å². The molecular formula is C18H24N2. The van der Waals surface area contributed by atoms with Crippen molar-refractivity contribution in [3.05, 3.63) is 29.6 Å². The number of hydrogen-bond acceptors (Lipinski definition) is 2. The molecule has 1 aromatic heterocycles. The summed E-state index contributed by atoms with van der Waals surface area (Å²) in [5.41, 5.74) is 2.24. The van der Waals surface area contributed by atoms with Gasteiger partial charge in [-0.25, -0.2) is 4.98 Å². The SMILES string of the molecule is C(#Cc1ccc(CN2CCCC2)cn1)CC1CCCC1. The molecular weight excluding hydrogens is 244 g/mol. The molecule has 106 valence electrons. The van der Waals surface area contributed by atoms with E-state index in [0.717, 1.165) is 24.6 Å². The third-order valence-electron chi connectivity index (χ3n) is 4.51. The van der Waals surface area contributed by atoms with Crippen LogP contribution < -0.4 is 0 Å². The molecule has 1 aliphatic heterocycles. The van der Waals surface area contributed by atoms with E-state index in [2.05, 4.69) is 33.9 Å². The molecule has 2 heterocycles. The van der Waals surface area contributed by atoms with Gasteiger partial charge in [-0.2, -0.15) is 0 Å². The average Bonchev–Trinajstić information content (AvgIpc) is 3.14. The van der Waals surface area contributed by atoms with Crippen molar-refractivity contribution in [2.45, 2.75) is 51.5 Å². The summed E-state index contributed by atoms with van der Waals surface area (Å²) in [6, 6.07) is 4.26. The molecule has 2 nitrogen and oxygen atoms in total. The summed E-state index contributed by atoms with van der Waals surface area (Å²) < 4.78 is 0. The molecule has 0 atom stereocenters. The topological polar surface area (TPSA) is 16.1 Å². The predicted octanol–water partition coefficient (Wildman–Crippen LogP) is 3.61.